The molecule has 1 aromatic carbocycles. The highest BCUT2D eigenvalue weighted by Gasteiger charge is 2.28. The molecule has 0 atom stereocenters. The zero-order chi connectivity index (χ0) is 19.8. The third kappa shape index (κ3) is 4.05. The Bertz CT molecular complexity index is 993. The molecule has 3 heteroatoms. The second kappa shape index (κ2) is 8.93. The fourth-order valence-electron chi connectivity index (χ4n) is 5.49. The fraction of sp³-hybridized carbons (Fsp3) is 0.519. The molecule has 0 N–H and O–H groups in total. The van der Waals surface area contributed by atoms with Crippen molar-refractivity contribution in [2.24, 2.45) is 0 Å². The van der Waals surface area contributed by atoms with Crippen molar-refractivity contribution in [1.82, 2.24) is 14.5 Å². The standard InChI is InChI=1S/C26H33N3.CH4/c1-19-8-11-25-23(16-19)24-18-28(22-6-4-3-5-7-22)14-13-26(24)29(25)15-12-21-10-9-20(2)27-17-21;/h8-11,16-17,22H,3-7,12-15,18H2,1-2H3;1H4. The predicted molar refractivity (Wildman–Crippen MR) is 127 cm³/mol. The van der Waals surface area contributed by atoms with Crippen LogP contribution < -0.4 is 0 Å². The van der Waals surface area contributed by atoms with Crippen LogP contribution in [0.5, 0.6) is 0 Å². The third-order valence-electron chi connectivity index (χ3n) is 7.13. The summed E-state index contributed by atoms with van der Waals surface area (Å²) in [7, 11) is 0. The van der Waals surface area contributed by atoms with E-state index in [1.54, 1.807) is 11.3 Å². The number of pyridine rings is 1. The van der Waals surface area contributed by atoms with Crippen LogP contribution >= 0.6 is 0 Å². The van der Waals surface area contributed by atoms with Crippen LogP contribution in [0.3, 0.4) is 0 Å². The van der Waals surface area contributed by atoms with E-state index in [0.29, 0.717) is 0 Å². The van der Waals surface area contributed by atoms with Crippen LogP contribution in [0.1, 0.15) is 67.6 Å². The van der Waals surface area contributed by atoms with Crippen molar-refractivity contribution >= 4 is 10.9 Å². The van der Waals surface area contributed by atoms with Gasteiger partial charge in [-0.1, -0.05) is 44.4 Å². The van der Waals surface area contributed by atoms with E-state index < -0.39 is 0 Å². The van der Waals surface area contributed by atoms with Crippen LogP contribution in [0.15, 0.2) is 36.5 Å². The lowest BCUT2D eigenvalue weighted by Gasteiger charge is -2.37. The first-order valence-electron chi connectivity index (χ1n) is 11.5. The molecule has 1 saturated carbocycles. The Morgan fingerprint density at radius 1 is 1.03 bits per heavy atom. The van der Waals surface area contributed by atoms with Gasteiger partial charge in [0, 0.05) is 60.6 Å². The second-order valence-electron chi connectivity index (χ2n) is 9.17. The molecule has 30 heavy (non-hydrogen) atoms. The molecule has 0 saturated heterocycles. The zero-order valence-electron chi connectivity index (χ0n) is 18.0. The van der Waals surface area contributed by atoms with Gasteiger partial charge >= 0.3 is 0 Å². The maximum Gasteiger partial charge on any atom is 0.0486 e. The minimum atomic E-state index is 0. The number of aryl methyl sites for hydroxylation is 4. The smallest absolute Gasteiger partial charge is 0.0486 e. The highest BCUT2D eigenvalue weighted by atomic mass is 15.2. The number of nitrogens with zero attached hydrogens (tertiary/aromatic N) is 3. The lowest BCUT2D eigenvalue weighted by molar-refractivity contribution is 0.140. The highest BCUT2D eigenvalue weighted by Crippen LogP contribution is 2.34. The summed E-state index contributed by atoms with van der Waals surface area (Å²) in [6, 6.07) is 12.2. The molecule has 2 aromatic heterocycles. The minimum absolute atomic E-state index is 0. The Balaban J connectivity index is 0.00000218. The van der Waals surface area contributed by atoms with Crippen LogP contribution in [0, 0.1) is 13.8 Å². The number of fused-ring (bicyclic) bond motifs is 3. The summed E-state index contributed by atoms with van der Waals surface area (Å²) < 4.78 is 2.61. The van der Waals surface area contributed by atoms with Gasteiger partial charge in [0.25, 0.3) is 0 Å². The lowest BCUT2D eigenvalue weighted by Crippen LogP contribution is -2.40. The van der Waals surface area contributed by atoms with E-state index in [1.165, 1.54) is 67.1 Å². The van der Waals surface area contributed by atoms with Crippen molar-refractivity contribution in [3.63, 3.8) is 0 Å². The summed E-state index contributed by atoms with van der Waals surface area (Å²) in [5, 5.41) is 1.49. The molecule has 1 aliphatic heterocycles. The predicted octanol–water partition coefficient (Wildman–Crippen LogP) is 6.22. The molecular formula is C27H37N3. The lowest BCUT2D eigenvalue weighted by atomic mass is 9.92. The van der Waals surface area contributed by atoms with E-state index >= 15 is 0 Å². The van der Waals surface area contributed by atoms with Crippen LogP contribution in [0.4, 0.5) is 0 Å². The molecule has 0 spiro atoms. The second-order valence-corrected chi connectivity index (χ2v) is 9.17. The molecule has 3 heterocycles. The molecule has 2 aliphatic rings. The summed E-state index contributed by atoms with van der Waals surface area (Å²) in [5.41, 5.74) is 8.40. The Morgan fingerprint density at radius 3 is 2.63 bits per heavy atom. The zero-order valence-corrected chi connectivity index (χ0v) is 18.0. The molecule has 0 radical (unpaired) electrons. The number of aromatic nitrogens is 2. The largest absolute Gasteiger partial charge is 0.344 e. The Labute approximate surface area is 182 Å². The summed E-state index contributed by atoms with van der Waals surface area (Å²) in [6.07, 6.45) is 11.3. The van der Waals surface area contributed by atoms with Crippen LogP contribution in [0.25, 0.3) is 10.9 Å². The van der Waals surface area contributed by atoms with Crippen molar-refractivity contribution in [3.05, 3.63) is 64.6 Å². The Morgan fingerprint density at radius 2 is 1.87 bits per heavy atom. The SMILES string of the molecule is C.Cc1ccc2c(c1)c1c(n2CCc2ccc(C)nc2)CCN(C2CCCCC2)C1. The monoisotopic (exact) mass is 403 g/mol. The van der Waals surface area contributed by atoms with Crippen molar-refractivity contribution in [3.8, 4) is 0 Å². The van der Waals surface area contributed by atoms with Gasteiger partial charge in [0.15, 0.2) is 0 Å². The van der Waals surface area contributed by atoms with E-state index in [-0.39, 0.29) is 7.43 Å². The first kappa shape index (κ1) is 21.1. The number of benzene rings is 1. The first-order valence-corrected chi connectivity index (χ1v) is 11.5. The van der Waals surface area contributed by atoms with Crippen molar-refractivity contribution in [1.29, 1.82) is 0 Å². The van der Waals surface area contributed by atoms with Gasteiger partial charge in [0.1, 0.15) is 0 Å². The van der Waals surface area contributed by atoms with E-state index in [4.69, 9.17) is 0 Å². The van der Waals surface area contributed by atoms with Gasteiger partial charge in [-0.2, -0.15) is 0 Å². The number of hydrogen-bond donors (Lipinski definition) is 0. The molecule has 160 valence electrons. The van der Waals surface area contributed by atoms with Gasteiger partial charge < -0.3 is 4.57 Å². The topological polar surface area (TPSA) is 21.1 Å². The molecule has 3 nitrogen and oxygen atoms in total. The van der Waals surface area contributed by atoms with E-state index in [0.717, 1.165) is 31.2 Å². The number of rotatable bonds is 4. The minimum Gasteiger partial charge on any atom is -0.344 e. The van der Waals surface area contributed by atoms with Gasteiger partial charge in [0.05, 0.1) is 0 Å². The van der Waals surface area contributed by atoms with Gasteiger partial charge in [-0.3, -0.25) is 9.88 Å². The van der Waals surface area contributed by atoms with Gasteiger partial charge in [-0.25, -0.2) is 0 Å². The average molecular weight is 404 g/mol. The molecule has 1 fully saturated rings. The Kier molecular flexibility index (Phi) is 6.29. The number of hydrogen-bond acceptors (Lipinski definition) is 2. The fourth-order valence-corrected chi connectivity index (χ4v) is 5.49. The van der Waals surface area contributed by atoms with Crippen molar-refractivity contribution in [2.45, 2.75) is 85.4 Å². The van der Waals surface area contributed by atoms with E-state index in [2.05, 4.69) is 58.6 Å². The molecule has 0 bridgehead atoms. The van der Waals surface area contributed by atoms with Gasteiger partial charge in [-0.15, -0.1) is 0 Å². The average Bonchev–Trinajstić information content (AvgIpc) is 3.06. The maximum absolute atomic E-state index is 4.49. The van der Waals surface area contributed by atoms with Crippen LogP contribution in [-0.4, -0.2) is 27.0 Å². The molecule has 1 aliphatic carbocycles. The van der Waals surface area contributed by atoms with Crippen LogP contribution in [0.2, 0.25) is 0 Å². The van der Waals surface area contributed by atoms with Crippen molar-refractivity contribution in [2.75, 3.05) is 6.54 Å². The molecule has 0 unspecified atom stereocenters. The summed E-state index contributed by atoms with van der Waals surface area (Å²) in [6.45, 7) is 7.68. The van der Waals surface area contributed by atoms with E-state index in [1.807, 2.05) is 6.20 Å². The first-order chi connectivity index (χ1) is 14.2. The third-order valence-corrected chi connectivity index (χ3v) is 7.13. The van der Waals surface area contributed by atoms with E-state index in [9.17, 15) is 0 Å². The quantitative estimate of drug-likeness (QED) is 0.515. The molecule has 0 amide bonds. The summed E-state index contributed by atoms with van der Waals surface area (Å²) in [5.74, 6) is 0. The Hall–Kier alpha value is -2.13. The van der Waals surface area contributed by atoms with Crippen molar-refractivity contribution < 1.29 is 0 Å². The van der Waals surface area contributed by atoms with Gasteiger partial charge in [0.2, 0.25) is 0 Å². The normalized spacial score (nSPS) is 17.7. The highest BCUT2D eigenvalue weighted by molar-refractivity contribution is 5.86. The molecular weight excluding hydrogens is 366 g/mol. The van der Waals surface area contributed by atoms with Gasteiger partial charge in [-0.05, 0) is 62.4 Å². The maximum atomic E-state index is 4.49. The summed E-state index contributed by atoms with van der Waals surface area (Å²) in [4.78, 5) is 7.28. The summed E-state index contributed by atoms with van der Waals surface area (Å²) >= 11 is 0. The van der Waals surface area contributed by atoms with Crippen LogP contribution in [-0.2, 0) is 25.9 Å². The molecule has 3 aromatic rings. The molecule has 5 rings (SSSR count).